The lowest BCUT2D eigenvalue weighted by Crippen LogP contribution is -2.33. The Labute approximate surface area is 271 Å². The predicted octanol–water partition coefficient (Wildman–Crippen LogP) is 12.0. The second-order valence-electron chi connectivity index (χ2n) is 12.0. The minimum atomic E-state index is -0.626. The third-order valence-corrected chi connectivity index (χ3v) is 10.2. The SMILES string of the molecule is CC1(c2ccccc2)Nc2c(ccc3cc(N(c4cccc(-c5ccccc5)c4)c4ccc5sc6ccccc6c5c4)ccc23)O1. The number of rotatable bonds is 5. The fraction of sp³-hybridized carbons (Fsp3) is 0.0476. The first-order valence-electron chi connectivity index (χ1n) is 15.6. The maximum Gasteiger partial charge on any atom is 0.204 e. The lowest BCUT2D eigenvalue weighted by atomic mass is 10.0. The molecule has 0 bridgehead atoms. The first-order valence-corrected chi connectivity index (χ1v) is 16.4. The minimum absolute atomic E-state index is 0.626. The van der Waals surface area contributed by atoms with Crippen molar-refractivity contribution < 1.29 is 4.74 Å². The Morgan fingerprint density at radius 1 is 0.543 bits per heavy atom. The molecule has 0 spiro atoms. The van der Waals surface area contributed by atoms with Crippen LogP contribution in [0.3, 0.4) is 0 Å². The molecule has 1 unspecified atom stereocenters. The summed E-state index contributed by atoms with van der Waals surface area (Å²) in [6, 6.07) is 56.3. The average molecular weight is 611 g/mol. The van der Waals surface area contributed by atoms with Gasteiger partial charge in [-0.25, -0.2) is 0 Å². The van der Waals surface area contributed by atoms with Crippen molar-refractivity contribution in [2.45, 2.75) is 12.6 Å². The van der Waals surface area contributed by atoms with Crippen molar-refractivity contribution in [3.63, 3.8) is 0 Å². The third-order valence-electron chi connectivity index (χ3n) is 9.06. The van der Waals surface area contributed by atoms with Crippen molar-refractivity contribution in [3.8, 4) is 16.9 Å². The third kappa shape index (κ3) is 4.41. The molecule has 9 rings (SSSR count). The number of fused-ring (bicyclic) bond motifs is 6. The van der Waals surface area contributed by atoms with Gasteiger partial charge >= 0.3 is 0 Å². The number of benzene rings is 7. The Morgan fingerprint density at radius 2 is 1.24 bits per heavy atom. The monoisotopic (exact) mass is 610 g/mol. The standard InChI is InChI=1S/C42H30N2OS/c1-42(31-14-6-3-7-15-31)43-41-35-22-20-33(26-30(35)19-23-38(41)45-42)44(32-16-10-13-29(25-32)28-11-4-2-5-12-28)34-21-24-40-37(27-34)36-17-8-9-18-39(36)46-40/h2-27,43H,1H3. The van der Waals surface area contributed by atoms with E-state index in [-0.39, 0.29) is 0 Å². The van der Waals surface area contributed by atoms with Gasteiger partial charge in [0.2, 0.25) is 5.72 Å². The molecule has 220 valence electrons. The van der Waals surface area contributed by atoms with Gasteiger partial charge in [-0.2, -0.15) is 0 Å². The molecule has 4 heteroatoms. The van der Waals surface area contributed by atoms with Crippen LogP contribution in [0.5, 0.6) is 5.75 Å². The molecule has 7 aromatic carbocycles. The highest BCUT2D eigenvalue weighted by atomic mass is 32.1. The molecule has 0 radical (unpaired) electrons. The zero-order chi connectivity index (χ0) is 30.7. The largest absolute Gasteiger partial charge is 0.462 e. The van der Waals surface area contributed by atoms with Crippen molar-refractivity contribution in [2.24, 2.45) is 0 Å². The number of hydrogen-bond acceptors (Lipinski definition) is 4. The molecule has 3 nitrogen and oxygen atoms in total. The molecule has 2 heterocycles. The quantitative estimate of drug-likeness (QED) is 0.210. The summed E-state index contributed by atoms with van der Waals surface area (Å²) < 4.78 is 9.11. The highest BCUT2D eigenvalue weighted by Crippen LogP contribution is 2.47. The molecule has 0 saturated heterocycles. The van der Waals surface area contributed by atoms with Crippen LogP contribution in [0.4, 0.5) is 22.7 Å². The van der Waals surface area contributed by atoms with Crippen molar-refractivity contribution in [1.29, 1.82) is 0 Å². The van der Waals surface area contributed by atoms with Crippen LogP contribution < -0.4 is 15.0 Å². The Kier molecular flexibility index (Phi) is 6.12. The number of thiophene rings is 1. The summed E-state index contributed by atoms with van der Waals surface area (Å²) in [6.45, 7) is 2.09. The number of anilines is 4. The summed E-state index contributed by atoms with van der Waals surface area (Å²) in [5.41, 5.74) is 7.21. The molecule has 1 aliphatic heterocycles. The summed E-state index contributed by atoms with van der Waals surface area (Å²) >= 11 is 1.85. The highest BCUT2D eigenvalue weighted by molar-refractivity contribution is 7.25. The second-order valence-corrected chi connectivity index (χ2v) is 13.1. The van der Waals surface area contributed by atoms with Gasteiger partial charge < -0.3 is 15.0 Å². The van der Waals surface area contributed by atoms with Gasteiger partial charge in [0.05, 0.1) is 5.69 Å². The van der Waals surface area contributed by atoms with Gasteiger partial charge in [-0.1, -0.05) is 103 Å². The molecule has 1 atom stereocenters. The first kappa shape index (κ1) is 26.8. The maximum atomic E-state index is 6.51. The van der Waals surface area contributed by atoms with E-state index in [0.29, 0.717) is 0 Å². The van der Waals surface area contributed by atoms with Crippen LogP contribution in [0.25, 0.3) is 42.1 Å². The summed E-state index contributed by atoms with van der Waals surface area (Å²) in [5.74, 6) is 0.869. The van der Waals surface area contributed by atoms with Crippen LogP contribution in [0.15, 0.2) is 158 Å². The van der Waals surface area contributed by atoms with E-state index in [9.17, 15) is 0 Å². The van der Waals surface area contributed by atoms with Gasteiger partial charge in [0, 0.05) is 48.2 Å². The van der Waals surface area contributed by atoms with Crippen molar-refractivity contribution in [1.82, 2.24) is 0 Å². The van der Waals surface area contributed by atoms with Crippen molar-refractivity contribution in [3.05, 3.63) is 163 Å². The number of ether oxygens (including phenoxy) is 1. The molecule has 0 saturated carbocycles. The van der Waals surface area contributed by atoms with Gasteiger partial charge in [-0.3, -0.25) is 0 Å². The summed E-state index contributed by atoms with van der Waals surface area (Å²) in [5, 5.41) is 8.57. The smallest absolute Gasteiger partial charge is 0.204 e. The Bertz CT molecular complexity index is 2400. The van der Waals surface area contributed by atoms with E-state index in [1.807, 2.05) is 17.4 Å². The number of nitrogens with zero attached hydrogens (tertiary/aromatic N) is 1. The second kappa shape index (κ2) is 10.5. The fourth-order valence-corrected chi connectivity index (χ4v) is 7.86. The van der Waals surface area contributed by atoms with Gasteiger partial charge in [-0.05, 0) is 78.0 Å². The molecule has 1 N–H and O–H groups in total. The maximum absolute atomic E-state index is 6.51. The molecular weight excluding hydrogens is 581 g/mol. The lowest BCUT2D eigenvalue weighted by molar-refractivity contribution is 0.140. The Balaban J connectivity index is 1.19. The Hall–Kier alpha value is -5.58. The highest BCUT2D eigenvalue weighted by Gasteiger charge is 2.36. The molecule has 0 fully saturated rings. The van der Waals surface area contributed by atoms with Gasteiger partial charge in [0.1, 0.15) is 5.75 Å². The van der Waals surface area contributed by atoms with Crippen LogP contribution in [0, 0.1) is 0 Å². The van der Waals surface area contributed by atoms with Crippen molar-refractivity contribution >= 4 is 65.0 Å². The first-order chi connectivity index (χ1) is 22.6. The molecule has 0 amide bonds. The van der Waals surface area contributed by atoms with Crippen LogP contribution in [0.2, 0.25) is 0 Å². The summed E-state index contributed by atoms with van der Waals surface area (Å²) in [4.78, 5) is 2.38. The summed E-state index contributed by atoms with van der Waals surface area (Å²) in [6.07, 6.45) is 0. The zero-order valence-electron chi connectivity index (χ0n) is 25.3. The van der Waals surface area contributed by atoms with Crippen molar-refractivity contribution in [2.75, 3.05) is 10.2 Å². The van der Waals surface area contributed by atoms with E-state index >= 15 is 0 Å². The van der Waals surface area contributed by atoms with E-state index in [1.165, 1.54) is 31.3 Å². The molecule has 0 aliphatic carbocycles. The number of hydrogen-bond donors (Lipinski definition) is 1. The molecule has 1 aromatic heterocycles. The minimum Gasteiger partial charge on any atom is -0.462 e. The van der Waals surface area contributed by atoms with Gasteiger partial charge in [0.25, 0.3) is 0 Å². The summed E-state index contributed by atoms with van der Waals surface area (Å²) in [7, 11) is 0. The topological polar surface area (TPSA) is 24.5 Å². The molecule has 8 aromatic rings. The van der Waals surface area contributed by atoms with E-state index in [1.54, 1.807) is 0 Å². The van der Waals surface area contributed by atoms with E-state index in [0.717, 1.165) is 44.8 Å². The van der Waals surface area contributed by atoms with Crippen LogP contribution in [-0.4, -0.2) is 0 Å². The van der Waals surface area contributed by atoms with E-state index < -0.39 is 5.72 Å². The zero-order valence-corrected chi connectivity index (χ0v) is 26.1. The van der Waals surface area contributed by atoms with E-state index in [4.69, 9.17) is 4.74 Å². The molecule has 1 aliphatic rings. The number of nitrogens with one attached hydrogen (secondary N) is 1. The Morgan fingerprint density at radius 3 is 2.11 bits per heavy atom. The predicted molar refractivity (Wildman–Crippen MR) is 195 cm³/mol. The van der Waals surface area contributed by atoms with Gasteiger partial charge in [0.15, 0.2) is 0 Å². The average Bonchev–Trinajstić information content (AvgIpc) is 3.67. The lowest BCUT2D eigenvalue weighted by Gasteiger charge is -2.27. The van der Waals surface area contributed by atoms with Crippen LogP contribution in [0.1, 0.15) is 12.5 Å². The van der Waals surface area contributed by atoms with E-state index in [2.05, 4.69) is 169 Å². The van der Waals surface area contributed by atoms with Crippen LogP contribution in [-0.2, 0) is 5.72 Å². The normalized spacial score (nSPS) is 15.5. The molecular formula is C42H30N2OS. The van der Waals surface area contributed by atoms with Gasteiger partial charge in [-0.15, -0.1) is 11.3 Å². The molecule has 46 heavy (non-hydrogen) atoms. The fourth-order valence-electron chi connectivity index (χ4n) is 6.78. The van der Waals surface area contributed by atoms with Crippen LogP contribution >= 0.6 is 11.3 Å².